The van der Waals surface area contributed by atoms with Crippen LogP contribution in [0.15, 0.2) is 24.4 Å². The summed E-state index contributed by atoms with van der Waals surface area (Å²) in [5, 5.41) is 15.1. The number of anilines is 1. The molecule has 1 saturated heterocycles. The van der Waals surface area contributed by atoms with Crippen LogP contribution in [0.3, 0.4) is 0 Å². The van der Waals surface area contributed by atoms with Crippen LogP contribution in [0.1, 0.15) is 74.3 Å². The number of hydrogen-bond donors (Lipinski definition) is 0. The number of rotatable bonds is 3. The SMILES string of the molecule is Cc1nn(C(C)(C)C)c2nc(C(C)C)cc(C(=O)N3CCCN(c4ncccc4C#N)CC3)c12. The Kier molecular flexibility index (Phi) is 6.30. The summed E-state index contributed by atoms with van der Waals surface area (Å²) in [6.07, 6.45) is 2.51. The molecule has 34 heavy (non-hydrogen) atoms. The van der Waals surface area contributed by atoms with Gasteiger partial charge in [0, 0.05) is 38.1 Å². The lowest BCUT2D eigenvalue weighted by atomic mass is 10.0. The lowest BCUT2D eigenvalue weighted by Gasteiger charge is -2.24. The molecule has 3 aromatic rings. The van der Waals surface area contributed by atoms with E-state index in [1.54, 1.807) is 18.3 Å². The van der Waals surface area contributed by atoms with Crippen molar-refractivity contribution in [3.8, 4) is 6.07 Å². The van der Waals surface area contributed by atoms with Crippen LogP contribution in [0.25, 0.3) is 11.0 Å². The minimum atomic E-state index is -0.250. The maximum Gasteiger partial charge on any atom is 0.254 e. The van der Waals surface area contributed by atoms with Gasteiger partial charge in [-0.2, -0.15) is 10.4 Å². The normalized spacial score (nSPS) is 15.0. The number of fused-ring (bicyclic) bond motifs is 1. The zero-order valence-corrected chi connectivity index (χ0v) is 21.0. The summed E-state index contributed by atoms with van der Waals surface area (Å²) in [4.78, 5) is 27.3. The average Bonchev–Trinajstić information content (AvgIpc) is 2.98. The Hall–Kier alpha value is -3.47. The monoisotopic (exact) mass is 459 g/mol. The van der Waals surface area contributed by atoms with Crippen LogP contribution in [-0.2, 0) is 5.54 Å². The third-order valence-corrected chi connectivity index (χ3v) is 6.28. The highest BCUT2D eigenvalue weighted by Crippen LogP contribution is 2.30. The molecule has 8 nitrogen and oxygen atoms in total. The molecule has 0 N–H and O–H groups in total. The van der Waals surface area contributed by atoms with E-state index in [0.717, 1.165) is 35.4 Å². The van der Waals surface area contributed by atoms with Gasteiger partial charge in [0.1, 0.15) is 11.9 Å². The molecule has 0 bridgehead atoms. The Morgan fingerprint density at radius 2 is 1.94 bits per heavy atom. The second kappa shape index (κ2) is 9.05. The van der Waals surface area contributed by atoms with Gasteiger partial charge in [-0.25, -0.2) is 14.6 Å². The fourth-order valence-electron chi connectivity index (χ4n) is 4.48. The van der Waals surface area contributed by atoms with Crippen molar-refractivity contribution in [3.63, 3.8) is 0 Å². The Balaban J connectivity index is 1.70. The van der Waals surface area contributed by atoms with Crippen molar-refractivity contribution in [1.82, 2.24) is 24.6 Å². The van der Waals surface area contributed by atoms with Crippen LogP contribution in [0.2, 0.25) is 0 Å². The number of carbonyl (C=O) groups is 1. The van der Waals surface area contributed by atoms with E-state index >= 15 is 0 Å². The molecule has 0 spiro atoms. The number of nitriles is 1. The molecule has 1 fully saturated rings. The van der Waals surface area contributed by atoms with Crippen LogP contribution in [0, 0.1) is 18.3 Å². The molecule has 0 aliphatic carbocycles. The van der Waals surface area contributed by atoms with E-state index in [1.165, 1.54) is 0 Å². The summed E-state index contributed by atoms with van der Waals surface area (Å²) in [6, 6.07) is 7.74. The molecule has 8 heteroatoms. The maximum absolute atomic E-state index is 13.9. The molecule has 1 aliphatic heterocycles. The average molecular weight is 460 g/mol. The van der Waals surface area contributed by atoms with Crippen LogP contribution in [0.5, 0.6) is 0 Å². The lowest BCUT2D eigenvalue weighted by Crippen LogP contribution is -2.36. The number of pyridine rings is 2. The summed E-state index contributed by atoms with van der Waals surface area (Å²) in [5.74, 6) is 0.886. The van der Waals surface area contributed by atoms with E-state index in [-0.39, 0.29) is 17.4 Å². The third-order valence-electron chi connectivity index (χ3n) is 6.28. The molecule has 0 aromatic carbocycles. The van der Waals surface area contributed by atoms with Crippen molar-refractivity contribution in [2.24, 2.45) is 0 Å². The Bertz CT molecular complexity index is 1260. The highest BCUT2D eigenvalue weighted by atomic mass is 16.2. The van der Waals surface area contributed by atoms with Gasteiger partial charge in [0.2, 0.25) is 0 Å². The molecule has 3 aromatic heterocycles. The van der Waals surface area contributed by atoms with E-state index in [9.17, 15) is 10.1 Å². The van der Waals surface area contributed by atoms with Crippen molar-refractivity contribution in [3.05, 3.63) is 46.9 Å². The van der Waals surface area contributed by atoms with E-state index in [0.29, 0.717) is 36.6 Å². The fourth-order valence-corrected chi connectivity index (χ4v) is 4.48. The summed E-state index contributed by atoms with van der Waals surface area (Å²) in [7, 11) is 0. The molecule has 178 valence electrons. The molecule has 4 heterocycles. The number of hydrogen-bond acceptors (Lipinski definition) is 6. The summed E-state index contributed by atoms with van der Waals surface area (Å²) < 4.78 is 1.94. The summed E-state index contributed by atoms with van der Waals surface area (Å²) >= 11 is 0. The second-order valence-electron chi connectivity index (χ2n) is 10.2. The smallest absolute Gasteiger partial charge is 0.254 e. The minimum Gasteiger partial charge on any atom is -0.354 e. The topological polar surface area (TPSA) is 90.9 Å². The molecule has 0 radical (unpaired) electrons. The number of amides is 1. The van der Waals surface area contributed by atoms with Gasteiger partial charge in [0.25, 0.3) is 5.91 Å². The van der Waals surface area contributed by atoms with E-state index in [2.05, 4.69) is 50.6 Å². The van der Waals surface area contributed by atoms with Gasteiger partial charge < -0.3 is 9.80 Å². The number of aryl methyl sites for hydroxylation is 1. The molecule has 0 saturated carbocycles. The standard InChI is InChI=1S/C26H33N7O/c1-17(2)21-15-20(22-18(3)30-33(24(22)29-21)26(4,5)6)25(34)32-12-8-11-31(13-14-32)23-19(16-27)9-7-10-28-23/h7,9-10,15,17H,8,11-14H2,1-6H3. The summed E-state index contributed by atoms with van der Waals surface area (Å²) in [5.41, 5.74) is 3.46. The van der Waals surface area contributed by atoms with Gasteiger partial charge in [-0.3, -0.25) is 4.79 Å². The first-order valence-corrected chi connectivity index (χ1v) is 11.9. The first-order chi connectivity index (χ1) is 16.1. The molecule has 1 aliphatic rings. The van der Waals surface area contributed by atoms with E-state index in [4.69, 9.17) is 10.1 Å². The Labute approximate surface area is 201 Å². The highest BCUT2D eigenvalue weighted by molar-refractivity contribution is 6.06. The number of nitrogens with zero attached hydrogens (tertiary/aromatic N) is 7. The number of carbonyl (C=O) groups excluding carboxylic acids is 1. The van der Waals surface area contributed by atoms with Crippen molar-refractivity contribution in [2.45, 2.75) is 59.4 Å². The van der Waals surface area contributed by atoms with Crippen LogP contribution in [-0.4, -0.2) is 56.7 Å². The van der Waals surface area contributed by atoms with Gasteiger partial charge in [0.05, 0.1) is 27.7 Å². The van der Waals surface area contributed by atoms with Gasteiger partial charge in [-0.15, -0.1) is 0 Å². The Morgan fingerprint density at radius 1 is 1.18 bits per heavy atom. The van der Waals surface area contributed by atoms with E-state index in [1.807, 2.05) is 22.6 Å². The van der Waals surface area contributed by atoms with Crippen molar-refractivity contribution < 1.29 is 4.79 Å². The Morgan fingerprint density at radius 3 is 2.62 bits per heavy atom. The maximum atomic E-state index is 13.9. The van der Waals surface area contributed by atoms with Gasteiger partial charge >= 0.3 is 0 Å². The van der Waals surface area contributed by atoms with Crippen LogP contribution in [0.4, 0.5) is 5.82 Å². The van der Waals surface area contributed by atoms with Crippen molar-refractivity contribution >= 4 is 22.8 Å². The molecular weight excluding hydrogens is 426 g/mol. The fraction of sp³-hybridized carbons (Fsp3) is 0.500. The largest absolute Gasteiger partial charge is 0.354 e. The molecule has 4 rings (SSSR count). The number of aromatic nitrogens is 4. The van der Waals surface area contributed by atoms with Crippen LogP contribution >= 0.6 is 0 Å². The highest BCUT2D eigenvalue weighted by Gasteiger charge is 2.28. The molecule has 0 unspecified atom stereocenters. The van der Waals surface area contributed by atoms with Crippen molar-refractivity contribution in [1.29, 1.82) is 5.26 Å². The zero-order chi connectivity index (χ0) is 24.6. The molecular formula is C26H33N7O. The van der Waals surface area contributed by atoms with Gasteiger partial charge in [0.15, 0.2) is 5.65 Å². The lowest BCUT2D eigenvalue weighted by molar-refractivity contribution is 0.0768. The van der Waals surface area contributed by atoms with Crippen molar-refractivity contribution in [2.75, 3.05) is 31.1 Å². The van der Waals surface area contributed by atoms with E-state index < -0.39 is 0 Å². The second-order valence-corrected chi connectivity index (χ2v) is 10.2. The van der Waals surface area contributed by atoms with Gasteiger partial charge in [-0.1, -0.05) is 13.8 Å². The third kappa shape index (κ3) is 4.35. The predicted octanol–water partition coefficient (Wildman–Crippen LogP) is 4.24. The quantitative estimate of drug-likeness (QED) is 0.582. The zero-order valence-electron chi connectivity index (χ0n) is 21.0. The van der Waals surface area contributed by atoms with Gasteiger partial charge in [-0.05, 0) is 58.2 Å². The molecule has 0 atom stereocenters. The summed E-state index contributed by atoms with van der Waals surface area (Å²) in [6.45, 7) is 15.0. The minimum absolute atomic E-state index is 0.00855. The predicted molar refractivity (Wildman–Crippen MR) is 133 cm³/mol. The molecule has 1 amide bonds. The first-order valence-electron chi connectivity index (χ1n) is 11.9. The van der Waals surface area contributed by atoms with Crippen LogP contribution < -0.4 is 4.90 Å². The first kappa shape index (κ1) is 23.7.